The molecular formula is C17H16N4O. The summed E-state index contributed by atoms with van der Waals surface area (Å²) >= 11 is 0. The van der Waals surface area contributed by atoms with Crippen molar-refractivity contribution in [2.24, 2.45) is 0 Å². The number of aromatic nitrogens is 3. The topological polar surface area (TPSA) is 59.8 Å². The number of amides is 1. The Balaban J connectivity index is 1.83. The SMILES string of the molecule is Cc1cccc(C)c1NC(=O)c1cn(-c2ccccc2)nn1. The average Bonchev–Trinajstić information content (AvgIpc) is 3.02. The van der Waals surface area contributed by atoms with E-state index in [1.54, 1.807) is 10.9 Å². The van der Waals surface area contributed by atoms with Crippen LogP contribution in [-0.2, 0) is 0 Å². The van der Waals surface area contributed by atoms with Crippen LogP contribution >= 0.6 is 0 Å². The summed E-state index contributed by atoms with van der Waals surface area (Å²) < 4.78 is 1.58. The first kappa shape index (κ1) is 14.0. The van der Waals surface area contributed by atoms with Crippen molar-refractivity contribution in [2.45, 2.75) is 13.8 Å². The minimum atomic E-state index is -0.264. The van der Waals surface area contributed by atoms with Gasteiger partial charge >= 0.3 is 0 Å². The molecule has 0 saturated heterocycles. The van der Waals surface area contributed by atoms with Crippen LogP contribution in [0.1, 0.15) is 21.6 Å². The van der Waals surface area contributed by atoms with Crippen LogP contribution in [0.15, 0.2) is 54.7 Å². The number of rotatable bonds is 3. The largest absolute Gasteiger partial charge is 0.320 e. The third-order valence-electron chi connectivity index (χ3n) is 3.47. The second kappa shape index (κ2) is 5.81. The Morgan fingerprint density at radius 3 is 2.36 bits per heavy atom. The van der Waals surface area contributed by atoms with Crippen molar-refractivity contribution < 1.29 is 4.79 Å². The number of para-hydroxylation sites is 2. The third kappa shape index (κ3) is 2.74. The summed E-state index contributed by atoms with van der Waals surface area (Å²) in [5.41, 5.74) is 4.00. The number of hydrogen-bond acceptors (Lipinski definition) is 3. The summed E-state index contributed by atoms with van der Waals surface area (Å²) in [6, 6.07) is 15.4. The molecule has 0 aliphatic carbocycles. The lowest BCUT2D eigenvalue weighted by Crippen LogP contribution is -2.14. The van der Waals surface area contributed by atoms with Crippen LogP contribution in [0.3, 0.4) is 0 Å². The van der Waals surface area contributed by atoms with Gasteiger partial charge in [-0.25, -0.2) is 4.68 Å². The lowest BCUT2D eigenvalue weighted by molar-refractivity contribution is 0.102. The van der Waals surface area contributed by atoms with E-state index in [0.29, 0.717) is 0 Å². The zero-order chi connectivity index (χ0) is 15.5. The summed E-state index contributed by atoms with van der Waals surface area (Å²) in [4.78, 5) is 12.3. The van der Waals surface area contributed by atoms with E-state index in [1.807, 2.05) is 62.4 Å². The summed E-state index contributed by atoms with van der Waals surface area (Å²) in [6.07, 6.45) is 1.62. The fourth-order valence-corrected chi connectivity index (χ4v) is 2.26. The van der Waals surface area contributed by atoms with E-state index in [9.17, 15) is 4.79 Å². The molecule has 0 bridgehead atoms. The Labute approximate surface area is 128 Å². The second-order valence-electron chi connectivity index (χ2n) is 5.10. The van der Waals surface area contributed by atoms with E-state index >= 15 is 0 Å². The first-order valence-electron chi connectivity index (χ1n) is 7.00. The molecule has 2 aromatic carbocycles. The second-order valence-corrected chi connectivity index (χ2v) is 5.10. The van der Waals surface area contributed by atoms with Gasteiger partial charge in [0.15, 0.2) is 5.69 Å². The standard InChI is InChI=1S/C17H16N4O/c1-12-7-6-8-13(2)16(12)18-17(22)15-11-21(20-19-15)14-9-4-3-5-10-14/h3-11H,1-2H3,(H,18,22). The van der Waals surface area contributed by atoms with Gasteiger partial charge in [0, 0.05) is 5.69 Å². The van der Waals surface area contributed by atoms with E-state index in [0.717, 1.165) is 22.5 Å². The van der Waals surface area contributed by atoms with Crippen molar-refractivity contribution in [3.05, 3.63) is 71.5 Å². The molecule has 0 unspecified atom stereocenters. The highest BCUT2D eigenvalue weighted by atomic mass is 16.2. The number of hydrogen-bond donors (Lipinski definition) is 1. The van der Waals surface area contributed by atoms with E-state index in [4.69, 9.17) is 0 Å². The molecule has 0 saturated carbocycles. The molecule has 3 rings (SSSR count). The van der Waals surface area contributed by atoms with E-state index < -0.39 is 0 Å². The number of anilines is 1. The first-order chi connectivity index (χ1) is 10.6. The summed E-state index contributed by atoms with van der Waals surface area (Å²) in [6.45, 7) is 3.92. The zero-order valence-electron chi connectivity index (χ0n) is 12.4. The molecular weight excluding hydrogens is 276 g/mol. The maximum atomic E-state index is 12.3. The third-order valence-corrected chi connectivity index (χ3v) is 3.47. The lowest BCUT2D eigenvalue weighted by Gasteiger charge is -2.09. The maximum Gasteiger partial charge on any atom is 0.277 e. The Bertz CT molecular complexity index is 788. The van der Waals surface area contributed by atoms with Crippen LogP contribution in [0.4, 0.5) is 5.69 Å². The van der Waals surface area contributed by atoms with Crippen LogP contribution in [0.2, 0.25) is 0 Å². The Kier molecular flexibility index (Phi) is 3.70. The molecule has 1 heterocycles. The molecule has 0 fully saturated rings. The van der Waals surface area contributed by atoms with Gasteiger partial charge in [-0.2, -0.15) is 0 Å². The Hall–Kier alpha value is -2.95. The highest BCUT2D eigenvalue weighted by molar-refractivity contribution is 6.03. The molecule has 1 amide bonds. The Morgan fingerprint density at radius 1 is 1.00 bits per heavy atom. The molecule has 3 aromatic rings. The van der Waals surface area contributed by atoms with Crippen molar-refractivity contribution in [1.82, 2.24) is 15.0 Å². The van der Waals surface area contributed by atoms with Crippen molar-refractivity contribution >= 4 is 11.6 Å². The van der Waals surface area contributed by atoms with E-state index in [-0.39, 0.29) is 11.6 Å². The minimum absolute atomic E-state index is 0.264. The van der Waals surface area contributed by atoms with E-state index in [1.165, 1.54) is 0 Å². The van der Waals surface area contributed by atoms with Gasteiger partial charge in [0.1, 0.15) is 0 Å². The fraction of sp³-hybridized carbons (Fsp3) is 0.118. The molecule has 110 valence electrons. The van der Waals surface area contributed by atoms with Crippen molar-refractivity contribution in [1.29, 1.82) is 0 Å². The van der Waals surface area contributed by atoms with Crippen LogP contribution in [0, 0.1) is 13.8 Å². The molecule has 5 heteroatoms. The number of aryl methyl sites for hydroxylation is 2. The molecule has 1 aromatic heterocycles. The van der Waals surface area contributed by atoms with Gasteiger partial charge in [-0.05, 0) is 37.1 Å². The number of nitrogens with one attached hydrogen (secondary N) is 1. The summed E-state index contributed by atoms with van der Waals surface area (Å²) in [7, 11) is 0. The normalized spacial score (nSPS) is 10.5. The average molecular weight is 292 g/mol. The van der Waals surface area contributed by atoms with Gasteiger partial charge in [-0.1, -0.05) is 41.6 Å². The van der Waals surface area contributed by atoms with Crippen LogP contribution in [-0.4, -0.2) is 20.9 Å². The molecule has 0 aliphatic heterocycles. The lowest BCUT2D eigenvalue weighted by atomic mass is 10.1. The molecule has 1 N–H and O–H groups in total. The Morgan fingerprint density at radius 2 is 1.68 bits per heavy atom. The number of carbonyl (C=O) groups excluding carboxylic acids is 1. The van der Waals surface area contributed by atoms with Gasteiger partial charge in [-0.3, -0.25) is 4.79 Å². The van der Waals surface area contributed by atoms with E-state index in [2.05, 4.69) is 15.6 Å². The molecule has 22 heavy (non-hydrogen) atoms. The van der Waals surface area contributed by atoms with Gasteiger partial charge in [0.25, 0.3) is 5.91 Å². The van der Waals surface area contributed by atoms with Crippen molar-refractivity contribution in [2.75, 3.05) is 5.32 Å². The molecule has 0 atom stereocenters. The van der Waals surface area contributed by atoms with Crippen LogP contribution < -0.4 is 5.32 Å². The monoisotopic (exact) mass is 292 g/mol. The maximum absolute atomic E-state index is 12.3. The molecule has 0 spiro atoms. The van der Waals surface area contributed by atoms with Crippen molar-refractivity contribution in [3.63, 3.8) is 0 Å². The zero-order valence-corrected chi connectivity index (χ0v) is 12.4. The van der Waals surface area contributed by atoms with Gasteiger partial charge in [0.2, 0.25) is 0 Å². The fourth-order valence-electron chi connectivity index (χ4n) is 2.26. The van der Waals surface area contributed by atoms with Crippen LogP contribution in [0.25, 0.3) is 5.69 Å². The van der Waals surface area contributed by atoms with Crippen molar-refractivity contribution in [3.8, 4) is 5.69 Å². The summed E-state index contributed by atoms with van der Waals surface area (Å²) in [5, 5.41) is 10.9. The first-order valence-corrected chi connectivity index (χ1v) is 7.00. The summed E-state index contributed by atoms with van der Waals surface area (Å²) in [5.74, 6) is -0.264. The predicted molar refractivity (Wildman–Crippen MR) is 85.2 cm³/mol. The van der Waals surface area contributed by atoms with Gasteiger partial charge in [0.05, 0.1) is 11.9 Å². The minimum Gasteiger partial charge on any atom is -0.320 e. The number of nitrogens with zero attached hydrogens (tertiary/aromatic N) is 3. The molecule has 5 nitrogen and oxygen atoms in total. The molecule has 0 aliphatic rings. The highest BCUT2D eigenvalue weighted by Gasteiger charge is 2.13. The molecule has 0 radical (unpaired) electrons. The van der Waals surface area contributed by atoms with Gasteiger partial charge in [-0.15, -0.1) is 5.10 Å². The highest BCUT2D eigenvalue weighted by Crippen LogP contribution is 2.20. The van der Waals surface area contributed by atoms with Crippen LogP contribution in [0.5, 0.6) is 0 Å². The smallest absolute Gasteiger partial charge is 0.277 e. The quantitative estimate of drug-likeness (QED) is 0.806. The number of carbonyl (C=O) groups is 1. The number of benzene rings is 2. The predicted octanol–water partition coefficient (Wildman–Crippen LogP) is 3.14. The van der Waals surface area contributed by atoms with Gasteiger partial charge < -0.3 is 5.32 Å².